The Kier molecular flexibility index (Phi) is 8.51. The molecule has 1 aromatic rings. The zero-order chi connectivity index (χ0) is 22.5. The van der Waals surface area contributed by atoms with Crippen molar-refractivity contribution >= 4 is 0 Å². The van der Waals surface area contributed by atoms with Crippen molar-refractivity contribution in [2.75, 3.05) is 0 Å². The van der Waals surface area contributed by atoms with Crippen LogP contribution in [0.5, 0.6) is 5.75 Å². The third-order valence-corrected chi connectivity index (χ3v) is 9.13. The van der Waals surface area contributed by atoms with Gasteiger partial charge >= 0.3 is 0 Å². The molecule has 3 heteroatoms. The quantitative estimate of drug-likeness (QED) is 0.362. The van der Waals surface area contributed by atoms with Gasteiger partial charge in [0.1, 0.15) is 6.10 Å². The van der Waals surface area contributed by atoms with Crippen molar-refractivity contribution in [3.05, 3.63) is 28.8 Å². The average Bonchev–Trinajstić information content (AvgIpc) is 2.85. The number of unbranched alkanes of at least 4 members (excludes halogenated alkanes) is 1. The molecular weight excluding hydrogens is 402 g/mol. The molecule has 1 nitrogen and oxygen atoms in total. The van der Waals surface area contributed by atoms with Gasteiger partial charge in [0.2, 0.25) is 5.82 Å². The van der Waals surface area contributed by atoms with E-state index < -0.39 is 11.6 Å². The van der Waals surface area contributed by atoms with Gasteiger partial charge in [-0.2, -0.15) is 4.39 Å². The minimum absolute atomic E-state index is 0.0582. The van der Waals surface area contributed by atoms with E-state index in [0.717, 1.165) is 49.0 Å². The second kappa shape index (κ2) is 11.3. The fourth-order valence-electron chi connectivity index (χ4n) is 6.70. The minimum atomic E-state index is -0.734. The third-order valence-electron chi connectivity index (χ3n) is 9.13. The normalized spacial score (nSPS) is 30.6. The van der Waals surface area contributed by atoms with Crippen LogP contribution in [-0.4, -0.2) is 6.10 Å². The second-order valence-electron chi connectivity index (χ2n) is 11.1. The van der Waals surface area contributed by atoms with Crippen molar-refractivity contribution in [3.8, 4) is 5.75 Å². The molecule has 1 unspecified atom stereocenters. The fourth-order valence-corrected chi connectivity index (χ4v) is 6.70. The zero-order valence-corrected chi connectivity index (χ0v) is 20.4. The van der Waals surface area contributed by atoms with Gasteiger partial charge in [0.05, 0.1) is 0 Å². The second-order valence-corrected chi connectivity index (χ2v) is 11.1. The van der Waals surface area contributed by atoms with E-state index in [9.17, 15) is 8.78 Å². The Balaban J connectivity index is 1.28. The predicted molar refractivity (Wildman–Crippen MR) is 128 cm³/mol. The standard InChI is InChI=1S/C29H44F2O/c1-3-20-9-11-22(12-10-20)7-5-6-8-24-19-25-17-18-26(32-29(25)28(31)27(24)30)23-15-13-21(4-2)14-16-23/h19-23,26H,3-18H2,1-2H3. The summed E-state index contributed by atoms with van der Waals surface area (Å²) in [6.45, 7) is 4.58. The summed E-state index contributed by atoms with van der Waals surface area (Å²) in [5, 5.41) is 0. The van der Waals surface area contributed by atoms with E-state index in [1.54, 1.807) is 0 Å². The van der Waals surface area contributed by atoms with Crippen LogP contribution in [0.1, 0.15) is 115 Å². The lowest BCUT2D eigenvalue weighted by Gasteiger charge is -2.36. The highest BCUT2D eigenvalue weighted by atomic mass is 19.2. The average molecular weight is 447 g/mol. The molecule has 180 valence electrons. The molecule has 2 fully saturated rings. The first-order chi connectivity index (χ1) is 15.6. The minimum Gasteiger partial charge on any atom is -0.487 e. The van der Waals surface area contributed by atoms with Crippen molar-refractivity contribution in [2.24, 2.45) is 23.7 Å². The van der Waals surface area contributed by atoms with E-state index in [1.165, 1.54) is 70.6 Å². The monoisotopic (exact) mass is 446 g/mol. The topological polar surface area (TPSA) is 9.23 Å². The molecule has 2 aliphatic carbocycles. The number of halogens is 2. The molecule has 0 spiro atoms. The number of aryl methyl sites for hydroxylation is 2. The van der Waals surface area contributed by atoms with Crippen LogP contribution in [0.25, 0.3) is 0 Å². The number of hydrogen-bond acceptors (Lipinski definition) is 1. The van der Waals surface area contributed by atoms with E-state index in [2.05, 4.69) is 13.8 Å². The van der Waals surface area contributed by atoms with Crippen LogP contribution in [0.4, 0.5) is 8.78 Å². The summed E-state index contributed by atoms with van der Waals surface area (Å²) in [7, 11) is 0. The molecule has 1 aliphatic heterocycles. The lowest BCUT2D eigenvalue weighted by Crippen LogP contribution is -2.34. The van der Waals surface area contributed by atoms with Crippen molar-refractivity contribution in [1.82, 2.24) is 0 Å². The highest BCUT2D eigenvalue weighted by molar-refractivity contribution is 5.41. The molecule has 2 saturated carbocycles. The van der Waals surface area contributed by atoms with Crippen molar-refractivity contribution in [1.29, 1.82) is 0 Å². The molecule has 0 saturated heterocycles. The largest absolute Gasteiger partial charge is 0.487 e. The summed E-state index contributed by atoms with van der Waals surface area (Å²) >= 11 is 0. The van der Waals surface area contributed by atoms with Gasteiger partial charge in [-0.1, -0.05) is 78.1 Å². The Morgan fingerprint density at radius 2 is 1.41 bits per heavy atom. The van der Waals surface area contributed by atoms with Crippen LogP contribution in [-0.2, 0) is 12.8 Å². The maximum atomic E-state index is 15.0. The van der Waals surface area contributed by atoms with Gasteiger partial charge in [0.25, 0.3) is 0 Å². The highest BCUT2D eigenvalue weighted by Crippen LogP contribution is 2.41. The van der Waals surface area contributed by atoms with Crippen LogP contribution in [0, 0.1) is 35.3 Å². The molecule has 3 aliphatic rings. The van der Waals surface area contributed by atoms with Crippen LogP contribution < -0.4 is 4.74 Å². The molecule has 0 bridgehead atoms. The number of ether oxygens (including phenoxy) is 1. The first-order valence-electron chi connectivity index (χ1n) is 13.7. The summed E-state index contributed by atoms with van der Waals surface area (Å²) in [6, 6.07) is 1.91. The van der Waals surface area contributed by atoms with Gasteiger partial charge in [-0.05, 0) is 79.4 Å². The van der Waals surface area contributed by atoms with Crippen LogP contribution in [0.2, 0.25) is 0 Å². The highest BCUT2D eigenvalue weighted by Gasteiger charge is 2.33. The molecule has 32 heavy (non-hydrogen) atoms. The van der Waals surface area contributed by atoms with Gasteiger partial charge in [-0.3, -0.25) is 0 Å². The Hall–Kier alpha value is -1.12. The maximum Gasteiger partial charge on any atom is 0.201 e. The van der Waals surface area contributed by atoms with Crippen LogP contribution >= 0.6 is 0 Å². The van der Waals surface area contributed by atoms with E-state index in [-0.39, 0.29) is 11.9 Å². The zero-order valence-electron chi connectivity index (χ0n) is 20.4. The Bertz CT molecular complexity index is 729. The molecule has 0 aromatic heterocycles. The molecule has 0 radical (unpaired) electrons. The van der Waals surface area contributed by atoms with Gasteiger partial charge in [-0.15, -0.1) is 0 Å². The van der Waals surface area contributed by atoms with Gasteiger partial charge < -0.3 is 4.74 Å². The van der Waals surface area contributed by atoms with Crippen LogP contribution in [0.15, 0.2) is 6.07 Å². The maximum absolute atomic E-state index is 15.0. The third kappa shape index (κ3) is 5.68. The molecule has 0 N–H and O–H groups in total. The van der Waals surface area contributed by atoms with Gasteiger partial charge in [0, 0.05) is 0 Å². The molecule has 0 amide bonds. The Morgan fingerprint density at radius 3 is 2.06 bits per heavy atom. The summed E-state index contributed by atoms with van der Waals surface area (Å²) in [5.74, 6) is 1.94. The van der Waals surface area contributed by atoms with Crippen molar-refractivity contribution in [3.63, 3.8) is 0 Å². The summed E-state index contributed by atoms with van der Waals surface area (Å²) in [6.07, 6.45) is 18.7. The summed E-state index contributed by atoms with van der Waals surface area (Å²) in [4.78, 5) is 0. The number of hydrogen-bond donors (Lipinski definition) is 0. The van der Waals surface area contributed by atoms with E-state index in [0.29, 0.717) is 17.9 Å². The number of benzene rings is 1. The lowest BCUT2D eigenvalue weighted by atomic mass is 9.77. The molecule has 1 heterocycles. The van der Waals surface area contributed by atoms with Gasteiger partial charge in [-0.25, -0.2) is 4.39 Å². The first-order valence-corrected chi connectivity index (χ1v) is 13.7. The van der Waals surface area contributed by atoms with Crippen molar-refractivity contribution in [2.45, 2.75) is 123 Å². The molecule has 4 rings (SSSR count). The summed E-state index contributed by atoms with van der Waals surface area (Å²) < 4.78 is 36.0. The number of fused-ring (bicyclic) bond motifs is 1. The van der Waals surface area contributed by atoms with Gasteiger partial charge in [0.15, 0.2) is 11.6 Å². The molecule has 1 aromatic carbocycles. The van der Waals surface area contributed by atoms with Crippen molar-refractivity contribution < 1.29 is 13.5 Å². The summed E-state index contributed by atoms with van der Waals surface area (Å²) in [5.41, 5.74) is 1.44. The molecule has 1 atom stereocenters. The molecular formula is C29H44F2O. The Labute approximate surface area is 194 Å². The lowest BCUT2D eigenvalue weighted by molar-refractivity contribution is 0.0716. The van der Waals surface area contributed by atoms with Crippen LogP contribution in [0.3, 0.4) is 0 Å². The predicted octanol–water partition coefficient (Wildman–Crippen LogP) is 8.80. The first kappa shape index (κ1) is 24.0. The smallest absolute Gasteiger partial charge is 0.201 e. The SMILES string of the molecule is CCC1CCC(CCCCc2cc3c(c(F)c2F)OC(C2CCC(CC)CC2)CC3)CC1. The Morgan fingerprint density at radius 1 is 0.781 bits per heavy atom. The van der Waals surface area contributed by atoms with E-state index in [4.69, 9.17) is 4.74 Å². The fraction of sp³-hybridized carbons (Fsp3) is 0.793. The van der Waals surface area contributed by atoms with E-state index in [1.807, 2.05) is 6.07 Å². The number of rotatable bonds is 8. The van der Waals surface area contributed by atoms with E-state index >= 15 is 0 Å².